The summed E-state index contributed by atoms with van der Waals surface area (Å²) < 4.78 is 16.5. The minimum Gasteiger partial charge on any atom is -0.497 e. The number of ether oxygens (including phenoxy) is 3. The fourth-order valence-electron chi connectivity index (χ4n) is 6.67. The molecule has 0 aliphatic rings. The molecule has 0 saturated heterocycles. The summed E-state index contributed by atoms with van der Waals surface area (Å²) in [6.45, 7) is 9.04. The Labute approximate surface area is 326 Å². The number of Topliss-reactive ketones (excluding diaryl/α,β-unsaturated/α-hetero) is 1. The van der Waals surface area contributed by atoms with Crippen molar-refractivity contribution >= 4 is 46.7 Å². The minimum atomic E-state index is -2.74. The lowest BCUT2D eigenvalue weighted by Gasteiger charge is -2.31. The maximum atomic E-state index is 15.0. The van der Waals surface area contributed by atoms with Crippen molar-refractivity contribution < 1.29 is 33.4 Å². The molecular weight excluding hydrogens is 713 g/mol. The van der Waals surface area contributed by atoms with Crippen LogP contribution in [0.1, 0.15) is 46.6 Å². The Morgan fingerprint density at radius 2 is 1.04 bits per heavy atom. The largest absolute Gasteiger partial charge is 0.497 e. The number of hydrogen-bond acceptors (Lipinski definition) is 7. The third-order valence-electron chi connectivity index (χ3n) is 9.57. The zero-order valence-electron chi connectivity index (χ0n) is 33.1. The van der Waals surface area contributed by atoms with Crippen molar-refractivity contribution in [1.82, 2.24) is 16.0 Å². The second kappa shape index (κ2) is 19.9. The SMILES string of the molecule is COc1ccc([P+](CC(=O)[C@H](CC(C)C)NC(=O)[C@@H](NC(=O)[C@H](Cc2ccccc2)NC(C)=O)C(C)C)(c2ccc(OC)cc2)c2ccc(OC)cc2)cc1. The van der Waals surface area contributed by atoms with Crippen LogP contribution in [0.2, 0.25) is 0 Å². The molecular formula is C44H55N3O7P+. The van der Waals surface area contributed by atoms with E-state index in [0.29, 0.717) is 23.7 Å². The van der Waals surface area contributed by atoms with Gasteiger partial charge in [-0.1, -0.05) is 58.0 Å². The molecule has 3 N–H and O–H groups in total. The summed E-state index contributed by atoms with van der Waals surface area (Å²) >= 11 is 0. The van der Waals surface area contributed by atoms with E-state index < -0.39 is 37.2 Å². The van der Waals surface area contributed by atoms with Crippen molar-refractivity contribution in [3.05, 3.63) is 109 Å². The van der Waals surface area contributed by atoms with E-state index in [4.69, 9.17) is 14.2 Å². The highest BCUT2D eigenvalue weighted by Gasteiger charge is 2.49. The van der Waals surface area contributed by atoms with Crippen LogP contribution in [0.15, 0.2) is 103 Å². The molecule has 10 nitrogen and oxygen atoms in total. The van der Waals surface area contributed by atoms with Crippen molar-refractivity contribution in [3.8, 4) is 17.2 Å². The van der Waals surface area contributed by atoms with Crippen LogP contribution in [0.25, 0.3) is 0 Å². The van der Waals surface area contributed by atoms with Gasteiger partial charge in [0, 0.05) is 13.3 Å². The van der Waals surface area contributed by atoms with Crippen LogP contribution in [-0.2, 0) is 25.6 Å². The quantitative estimate of drug-likeness (QED) is 0.115. The summed E-state index contributed by atoms with van der Waals surface area (Å²) in [7, 11) is 2.10. The molecule has 4 aromatic rings. The lowest BCUT2D eigenvalue weighted by Crippen LogP contribution is -2.58. The van der Waals surface area contributed by atoms with Crippen molar-refractivity contribution in [2.24, 2.45) is 11.8 Å². The van der Waals surface area contributed by atoms with Gasteiger partial charge in [-0.3, -0.25) is 19.2 Å². The Morgan fingerprint density at radius 3 is 1.42 bits per heavy atom. The number of ketones is 1. The van der Waals surface area contributed by atoms with Gasteiger partial charge < -0.3 is 30.2 Å². The van der Waals surface area contributed by atoms with Gasteiger partial charge in [-0.15, -0.1) is 0 Å². The molecule has 3 atom stereocenters. The van der Waals surface area contributed by atoms with E-state index in [1.165, 1.54) is 6.92 Å². The molecule has 4 rings (SSSR count). The molecule has 11 heteroatoms. The number of amides is 3. The lowest BCUT2D eigenvalue weighted by atomic mass is 9.98. The lowest BCUT2D eigenvalue weighted by molar-refractivity contribution is -0.133. The number of hydrogen-bond donors (Lipinski definition) is 3. The first-order chi connectivity index (χ1) is 26.3. The molecule has 0 saturated carbocycles. The predicted octanol–water partition coefficient (Wildman–Crippen LogP) is 4.99. The van der Waals surface area contributed by atoms with Gasteiger partial charge in [0.1, 0.15) is 58.7 Å². The topological polar surface area (TPSA) is 132 Å². The maximum absolute atomic E-state index is 15.0. The molecule has 0 bridgehead atoms. The van der Waals surface area contributed by atoms with Gasteiger partial charge in [0.05, 0.1) is 27.4 Å². The second-order valence-electron chi connectivity index (χ2n) is 14.4. The van der Waals surface area contributed by atoms with E-state index in [-0.39, 0.29) is 36.1 Å². The summed E-state index contributed by atoms with van der Waals surface area (Å²) in [5.74, 6) is 0.365. The Balaban J connectivity index is 1.73. The van der Waals surface area contributed by atoms with Crippen LogP contribution < -0.4 is 46.1 Å². The van der Waals surface area contributed by atoms with Gasteiger partial charge >= 0.3 is 0 Å². The summed E-state index contributed by atoms with van der Waals surface area (Å²) in [5.41, 5.74) is 0.863. The minimum absolute atomic E-state index is 0.0621. The fraction of sp³-hybridized carbons (Fsp3) is 0.364. The molecule has 4 aromatic carbocycles. The molecule has 0 aromatic heterocycles. The van der Waals surface area contributed by atoms with Gasteiger partial charge in [-0.05, 0) is 96.6 Å². The maximum Gasteiger partial charge on any atom is 0.243 e. The van der Waals surface area contributed by atoms with Gasteiger partial charge in [-0.25, -0.2) is 0 Å². The highest BCUT2D eigenvalue weighted by atomic mass is 31.2. The molecule has 0 fully saturated rings. The van der Waals surface area contributed by atoms with E-state index in [0.717, 1.165) is 21.5 Å². The van der Waals surface area contributed by atoms with Crippen LogP contribution >= 0.6 is 7.26 Å². The molecule has 0 heterocycles. The van der Waals surface area contributed by atoms with Crippen molar-refractivity contribution in [3.63, 3.8) is 0 Å². The monoisotopic (exact) mass is 768 g/mol. The molecule has 55 heavy (non-hydrogen) atoms. The molecule has 0 radical (unpaired) electrons. The highest BCUT2D eigenvalue weighted by Crippen LogP contribution is 2.56. The summed E-state index contributed by atoms with van der Waals surface area (Å²) in [4.78, 5) is 55.0. The van der Waals surface area contributed by atoms with Crippen molar-refractivity contribution in [1.29, 1.82) is 0 Å². The number of methoxy groups -OCH3 is 3. The standard InChI is InChI=1S/C44H54N3O7P/c1-29(2)26-39(46-44(51)42(30(3)4)47-43(50)40(45-31(5)48)27-32-12-10-9-11-13-32)41(49)28-55(36-20-14-33(52-6)15-21-36,37-22-16-34(53-7)17-23-37)38-24-18-35(54-8)19-25-38/h9-25,29-30,39-40,42H,26-28H2,1-8H3,(H2-,45,46,47,48,50,51)/p+1/t39-,40-,42-/m0/s1. The van der Waals surface area contributed by atoms with Crippen LogP contribution in [0.5, 0.6) is 17.2 Å². The Bertz CT molecular complexity index is 1750. The van der Waals surface area contributed by atoms with Gasteiger partial charge in [0.15, 0.2) is 5.78 Å². The Hall–Kier alpha value is -5.21. The Kier molecular flexibility index (Phi) is 15.4. The average molecular weight is 769 g/mol. The summed E-state index contributed by atoms with van der Waals surface area (Å²) in [6.07, 6.45) is 0.747. The Morgan fingerprint density at radius 1 is 0.582 bits per heavy atom. The highest BCUT2D eigenvalue weighted by molar-refractivity contribution is 7.96. The van der Waals surface area contributed by atoms with Crippen LogP contribution in [0, 0.1) is 11.8 Å². The van der Waals surface area contributed by atoms with E-state index in [2.05, 4.69) is 16.0 Å². The molecule has 0 unspecified atom stereocenters. The zero-order valence-corrected chi connectivity index (χ0v) is 34.0. The van der Waals surface area contributed by atoms with Crippen molar-refractivity contribution in [2.45, 2.75) is 65.6 Å². The van der Waals surface area contributed by atoms with E-state index in [1.54, 1.807) is 21.3 Å². The first kappa shape index (κ1) is 42.5. The van der Waals surface area contributed by atoms with Crippen LogP contribution in [0.4, 0.5) is 0 Å². The van der Waals surface area contributed by atoms with Gasteiger partial charge in [-0.2, -0.15) is 0 Å². The van der Waals surface area contributed by atoms with E-state index in [1.807, 2.05) is 131 Å². The summed E-state index contributed by atoms with van der Waals surface area (Å²) in [5, 5.41) is 11.6. The second-order valence-corrected chi connectivity index (χ2v) is 17.9. The smallest absolute Gasteiger partial charge is 0.243 e. The van der Waals surface area contributed by atoms with Crippen LogP contribution in [-0.4, -0.2) is 69.1 Å². The number of carbonyl (C=O) groups excluding carboxylic acids is 4. The molecule has 0 spiro atoms. The third kappa shape index (κ3) is 11.2. The van der Waals surface area contributed by atoms with Gasteiger partial charge in [0.2, 0.25) is 17.7 Å². The number of rotatable bonds is 19. The van der Waals surface area contributed by atoms with Crippen LogP contribution in [0.3, 0.4) is 0 Å². The fourth-order valence-corrected chi connectivity index (χ4v) is 10.8. The first-order valence-corrected chi connectivity index (χ1v) is 20.5. The first-order valence-electron chi connectivity index (χ1n) is 18.6. The molecule has 0 aliphatic heterocycles. The molecule has 0 aliphatic carbocycles. The normalized spacial score (nSPS) is 13.0. The van der Waals surface area contributed by atoms with E-state index >= 15 is 0 Å². The molecule has 292 valence electrons. The average Bonchev–Trinajstić information content (AvgIpc) is 3.18. The van der Waals surface area contributed by atoms with Gasteiger partial charge in [0.25, 0.3) is 0 Å². The van der Waals surface area contributed by atoms with E-state index in [9.17, 15) is 19.2 Å². The number of nitrogens with one attached hydrogen (secondary N) is 3. The zero-order chi connectivity index (χ0) is 40.1. The van der Waals surface area contributed by atoms with Crippen molar-refractivity contribution in [2.75, 3.05) is 27.5 Å². The predicted molar refractivity (Wildman–Crippen MR) is 221 cm³/mol. The third-order valence-corrected chi connectivity index (χ3v) is 13.9. The molecule has 3 amide bonds. The number of benzene rings is 4. The number of carbonyl (C=O) groups is 4. The summed E-state index contributed by atoms with van der Waals surface area (Å²) in [6, 6.07) is 30.1.